The first-order chi connectivity index (χ1) is 26.7. The second-order valence-electron chi connectivity index (χ2n) is 12.1. The van der Waals surface area contributed by atoms with Crippen LogP contribution in [0.5, 0.6) is 0 Å². The molecule has 1 atom stereocenters. The number of hydrogen-bond donors (Lipinski definition) is 0. The van der Waals surface area contributed by atoms with E-state index in [9.17, 15) is 0 Å². The normalized spacial score (nSPS) is 9.69. The zero-order chi connectivity index (χ0) is 37.5. The Morgan fingerprint density at radius 3 is 1.29 bits per heavy atom. The number of nitrogens with zero attached hydrogens (tertiary/aromatic N) is 1. The third kappa shape index (κ3) is 15.2. The van der Waals surface area contributed by atoms with Crippen LogP contribution in [0.25, 0.3) is 22.5 Å². The predicted octanol–water partition coefficient (Wildman–Crippen LogP) is 10.9. The molecule has 0 aliphatic carbocycles. The van der Waals surface area contributed by atoms with E-state index in [4.69, 9.17) is 6.42 Å². The molecule has 8 aromatic rings. The van der Waals surface area contributed by atoms with E-state index in [2.05, 4.69) is 123 Å². The van der Waals surface area contributed by atoms with E-state index in [-0.39, 0.29) is 20.1 Å². The Bertz CT molecular complexity index is 2120. The standard InChI is InChI=1S/C20H19P.C17H11N.C8H5.C6H7P.Ir/c1-4-10-18(11-5-1)16-17-21(19-12-6-2-7-13-19)20-14-8-3-9-15-20;1-3-8-14(9-4-1)16-12-7-13-17(18-16)15-10-5-2-6-11-15;1-2-8-6-4-3-5-7-8;7-6-4-2-1-3-5-6;/h1-15H,16-17H2;1-8,10,12-13H;3-7H;1-5H,7H2;/q;-2;-1;;+3/p+1. The second kappa shape index (κ2) is 25.0. The summed E-state index contributed by atoms with van der Waals surface area (Å²) in [5.41, 5.74) is 6.15. The van der Waals surface area contributed by atoms with Gasteiger partial charge in [0.2, 0.25) is 0 Å². The summed E-state index contributed by atoms with van der Waals surface area (Å²) in [6.45, 7) is 0. The first-order valence-corrected chi connectivity index (χ1v) is 20.2. The number of aromatic nitrogens is 1. The van der Waals surface area contributed by atoms with E-state index in [1.54, 1.807) is 0 Å². The van der Waals surface area contributed by atoms with E-state index < -0.39 is 7.92 Å². The Kier molecular flexibility index (Phi) is 19.3. The Balaban J connectivity index is 0.000000178. The molecule has 1 nitrogen and oxygen atoms in total. The summed E-state index contributed by atoms with van der Waals surface area (Å²) in [7, 11) is 1.93. The van der Waals surface area contributed by atoms with Crippen LogP contribution < -0.4 is 15.9 Å². The molecule has 0 fully saturated rings. The van der Waals surface area contributed by atoms with Gasteiger partial charge in [0.25, 0.3) is 0 Å². The fourth-order valence-electron chi connectivity index (χ4n) is 5.46. The topological polar surface area (TPSA) is 12.9 Å². The Morgan fingerprint density at radius 1 is 0.491 bits per heavy atom. The zero-order valence-electron chi connectivity index (χ0n) is 30.6. The first-order valence-electron chi connectivity index (χ1n) is 17.9. The molecule has 0 amide bonds. The van der Waals surface area contributed by atoms with Crippen LogP contribution in [0.1, 0.15) is 11.1 Å². The molecule has 8 rings (SSSR count). The minimum absolute atomic E-state index is 0. The summed E-state index contributed by atoms with van der Waals surface area (Å²) < 4.78 is 0. The van der Waals surface area contributed by atoms with Crippen molar-refractivity contribution >= 4 is 33.1 Å². The molecule has 0 aliphatic heterocycles. The second-order valence-corrected chi connectivity index (χ2v) is 15.3. The summed E-state index contributed by atoms with van der Waals surface area (Å²) in [5, 5.41) is 4.25. The van der Waals surface area contributed by atoms with Crippen molar-refractivity contribution in [3.05, 3.63) is 248 Å². The van der Waals surface area contributed by atoms with Crippen molar-refractivity contribution in [1.82, 2.24) is 4.98 Å². The smallest absolute Gasteiger partial charge is 0.366 e. The molecule has 1 heterocycles. The van der Waals surface area contributed by atoms with Crippen molar-refractivity contribution in [1.29, 1.82) is 0 Å². The quantitative estimate of drug-likeness (QED) is 0.0882. The van der Waals surface area contributed by atoms with Gasteiger partial charge in [0, 0.05) is 6.42 Å². The van der Waals surface area contributed by atoms with Crippen LogP contribution in [0, 0.1) is 24.5 Å². The number of hydrogen-bond acceptors (Lipinski definition) is 1. The molecule has 0 spiro atoms. The largest absolute Gasteiger partial charge is 3.00 e. The van der Waals surface area contributed by atoms with E-state index in [0.29, 0.717) is 0 Å². The van der Waals surface area contributed by atoms with Gasteiger partial charge < -0.3 is 11.4 Å². The molecule has 0 bridgehead atoms. The van der Waals surface area contributed by atoms with Crippen LogP contribution in [0.2, 0.25) is 0 Å². The van der Waals surface area contributed by atoms with Gasteiger partial charge in [-0.25, -0.2) is 0 Å². The molecule has 0 N–H and O–H groups in total. The molecule has 0 saturated heterocycles. The maximum absolute atomic E-state index is 6.69. The molecular formula is C51H43IrNP2+. The maximum atomic E-state index is 6.69. The average Bonchev–Trinajstić information content (AvgIpc) is 3.27. The Hall–Kier alpha value is -5.24. The molecule has 1 unspecified atom stereocenters. The molecule has 4 heteroatoms. The summed E-state index contributed by atoms with van der Waals surface area (Å²) in [6, 6.07) is 80.4. The van der Waals surface area contributed by atoms with Crippen LogP contribution in [0.3, 0.4) is 0 Å². The van der Waals surface area contributed by atoms with E-state index in [1.165, 1.54) is 27.6 Å². The molecule has 1 aromatic heterocycles. The molecular weight excluding hydrogens is 881 g/mol. The fraction of sp³-hybridized carbons (Fsp3) is 0.0392. The van der Waals surface area contributed by atoms with Gasteiger partial charge >= 0.3 is 20.1 Å². The van der Waals surface area contributed by atoms with E-state index in [1.807, 2.05) is 127 Å². The fourth-order valence-corrected chi connectivity index (χ4v) is 8.32. The molecule has 0 saturated carbocycles. The molecule has 0 radical (unpaired) electrons. The number of aryl methyl sites for hydroxylation is 1. The minimum Gasteiger partial charge on any atom is -0.366 e. The SMILES string of the molecule is Pc1ccccc1.[C-]#Cc1ccccc1.[Ir+3].[c-]1ccccc1-c1cccc(-c2[c-]cccc2)n1.c1ccc(CC[PH+](c2ccccc2)c2ccccc2)cc1. The average molecular weight is 924 g/mol. The van der Waals surface area contributed by atoms with Gasteiger partial charge in [0.05, 0.1) is 24.7 Å². The Morgan fingerprint density at radius 2 is 0.909 bits per heavy atom. The van der Waals surface area contributed by atoms with Crippen molar-refractivity contribution in [2.45, 2.75) is 6.42 Å². The van der Waals surface area contributed by atoms with E-state index >= 15 is 0 Å². The summed E-state index contributed by atoms with van der Waals surface area (Å²) >= 11 is 0. The van der Waals surface area contributed by atoms with Crippen molar-refractivity contribution in [3.8, 4) is 28.4 Å². The molecule has 270 valence electrons. The third-order valence-corrected chi connectivity index (χ3v) is 11.4. The van der Waals surface area contributed by atoms with Gasteiger partial charge in [-0.3, -0.25) is 5.92 Å². The van der Waals surface area contributed by atoms with E-state index in [0.717, 1.165) is 34.5 Å². The van der Waals surface area contributed by atoms with Crippen molar-refractivity contribution in [2.24, 2.45) is 0 Å². The summed E-state index contributed by atoms with van der Waals surface area (Å²) in [4.78, 5) is 4.65. The van der Waals surface area contributed by atoms with Gasteiger partial charge in [-0.05, 0) is 46.5 Å². The van der Waals surface area contributed by atoms with Gasteiger partial charge in [0.15, 0.2) is 0 Å². The van der Waals surface area contributed by atoms with Gasteiger partial charge in [-0.15, -0.1) is 98.7 Å². The zero-order valence-corrected chi connectivity index (χ0v) is 35.1. The summed E-state index contributed by atoms with van der Waals surface area (Å²) in [6.07, 6.45) is 9.08. The van der Waals surface area contributed by atoms with Gasteiger partial charge in [0.1, 0.15) is 0 Å². The van der Waals surface area contributed by atoms with Crippen LogP contribution in [0.4, 0.5) is 0 Å². The van der Waals surface area contributed by atoms with Crippen molar-refractivity contribution < 1.29 is 20.1 Å². The summed E-state index contributed by atoms with van der Waals surface area (Å²) in [5.74, 6) is 2.28. The van der Waals surface area contributed by atoms with Crippen molar-refractivity contribution in [3.63, 3.8) is 0 Å². The predicted molar refractivity (Wildman–Crippen MR) is 237 cm³/mol. The monoisotopic (exact) mass is 924 g/mol. The van der Waals surface area contributed by atoms with Crippen LogP contribution >= 0.6 is 17.2 Å². The molecule has 0 aliphatic rings. The van der Waals surface area contributed by atoms with Gasteiger partial charge in [-0.2, -0.15) is 0 Å². The minimum atomic E-state index is -0.697. The van der Waals surface area contributed by atoms with Crippen LogP contribution in [-0.2, 0) is 26.5 Å². The molecule has 55 heavy (non-hydrogen) atoms. The number of rotatable bonds is 7. The Labute approximate surface area is 345 Å². The third-order valence-electron chi connectivity index (χ3n) is 8.19. The first kappa shape index (κ1) is 42.5. The van der Waals surface area contributed by atoms with Crippen LogP contribution in [0.15, 0.2) is 218 Å². The van der Waals surface area contributed by atoms with Crippen molar-refractivity contribution in [2.75, 3.05) is 6.16 Å². The number of pyridine rings is 1. The van der Waals surface area contributed by atoms with Gasteiger partial charge in [-0.1, -0.05) is 133 Å². The maximum Gasteiger partial charge on any atom is 3.00 e. The molecule has 7 aromatic carbocycles. The van der Waals surface area contributed by atoms with Crippen LogP contribution in [-0.4, -0.2) is 11.1 Å². The number of benzene rings is 7.